The van der Waals surface area contributed by atoms with Crippen LogP contribution >= 0.6 is 0 Å². The minimum Gasteiger partial charge on any atom is -0.367 e. The van der Waals surface area contributed by atoms with E-state index >= 15 is 0 Å². The van der Waals surface area contributed by atoms with E-state index in [-0.39, 0.29) is 0 Å². The van der Waals surface area contributed by atoms with Crippen LogP contribution in [0.15, 0.2) is 30.5 Å². The topological polar surface area (TPSA) is 78.5 Å². The van der Waals surface area contributed by atoms with Crippen molar-refractivity contribution in [3.63, 3.8) is 0 Å². The first-order chi connectivity index (χ1) is 13.1. The minimum absolute atomic E-state index is 0.441. The van der Waals surface area contributed by atoms with Gasteiger partial charge in [-0.05, 0) is 43.7 Å². The lowest BCUT2D eigenvalue weighted by molar-refractivity contribution is 0.476. The van der Waals surface area contributed by atoms with Gasteiger partial charge in [-0.15, -0.1) is 0 Å². The highest BCUT2D eigenvalue weighted by molar-refractivity contribution is 5.91. The maximum absolute atomic E-state index is 4.86. The largest absolute Gasteiger partial charge is 0.367 e. The number of aryl methyl sites for hydroxylation is 1. The summed E-state index contributed by atoms with van der Waals surface area (Å²) in [5.41, 5.74) is 1.94. The number of nitrogens with one attached hydrogen (secondary N) is 3. The summed E-state index contributed by atoms with van der Waals surface area (Å²) in [5.74, 6) is 3.90. The van der Waals surface area contributed by atoms with Gasteiger partial charge in [0.05, 0.1) is 5.52 Å². The number of pyridine rings is 2. The summed E-state index contributed by atoms with van der Waals surface area (Å²) in [6.45, 7) is 6.70. The number of nitrogens with zero attached hydrogens (tertiary/aromatic N) is 3. The molecule has 0 radical (unpaired) electrons. The lowest BCUT2D eigenvalue weighted by Gasteiger charge is -2.22. The van der Waals surface area contributed by atoms with Crippen molar-refractivity contribution in [2.75, 3.05) is 10.6 Å². The number of aromatic amines is 1. The highest BCUT2D eigenvalue weighted by Gasteiger charge is 2.22. The predicted octanol–water partition coefficient (Wildman–Crippen LogP) is 5.03. The van der Waals surface area contributed by atoms with Gasteiger partial charge in [-0.25, -0.2) is 4.98 Å². The Kier molecular flexibility index (Phi) is 4.97. The van der Waals surface area contributed by atoms with E-state index in [4.69, 9.17) is 4.98 Å². The number of fused-ring (bicyclic) bond motifs is 1. The van der Waals surface area contributed by atoms with Gasteiger partial charge in [0.1, 0.15) is 11.6 Å². The monoisotopic (exact) mass is 364 g/mol. The Balaban J connectivity index is 1.65. The van der Waals surface area contributed by atoms with Crippen molar-refractivity contribution < 1.29 is 0 Å². The molecular formula is C21H28N6. The van der Waals surface area contributed by atoms with Gasteiger partial charge in [0.2, 0.25) is 0 Å². The Morgan fingerprint density at radius 2 is 1.85 bits per heavy atom. The first-order valence-corrected chi connectivity index (χ1v) is 9.88. The fourth-order valence-electron chi connectivity index (χ4n) is 4.05. The van der Waals surface area contributed by atoms with E-state index in [9.17, 15) is 0 Å². The predicted molar refractivity (Wildman–Crippen MR) is 110 cm³/mol. The Morgan fingerprint density at radius 3 is 2.56 bits per heavy atom. The zero-order valence-corrected chi connectivity index (χ0v) is 16.3. The molecule has 1 aliphatic rings. The summed E-state index contributed by atoms with van der Waals surface area (Å²) in [6, 6.07) is 8.44. The van der Waals surface area contributed by atoms with Gasteiger partial charge in [0, 0.05) is 35.5 Å². The van der Waals surface area contributed by atoms with Crippen LogP contribution in [0.25, 0.3) is 10.9 Å². The lowest BCUT2D eigenvalue weighted by Crippen LogP contribution is -2.23. The first-order valence-electron chi connectivity index (χ1n) is 9.88. The van der Waals surface area contributed by atoms with Crippen molar-refractivity contribution in [2.24, 2.45) is 11.8 Å². The van der Waals surface area contributed by atoms with E-state index < -0.39 is 0 Å². The second kappa shape index (κ2) is 7.55. The van der Waals surface area contributed by atoms with Crippen LogP contribution in [0, 0.1) is 18.8 Å². The number of aromatic nitrogens is 4. The van der Waals surface area contributed by atoms with Gasteiger partial charge in [0.15, 0.2) is 5.82 Å². The van der Waals surface area contributed by atoms with Crippen LogP contribution in [0.3, 0.4) is 0 Å². The third kappa shape index (κ3) is 4.21. The van der Waals surface area contributed by atoms with Crippen molar-refractivity contribution >= 4 is 28.4 Å². The molecule has 3 heterocycles. The Hall–Kier alpha value is -2.63. The molecule has 3 aromatic heterocycles. The van der Waals surface area contributed by atoms with Crippen molar-refractivity contribution in [1.29, 1.82) is 0 Å². The van der Waals surface area contributed by atoms with E-state index in [0.717, 1.165) is 45.9 Å². The van der Waals surface area contributed by atoms with Gasteiger partial charge in [-0.3, -0.25) is 10.1 Å². The molecule has 1 aliphatic carbocycles. The van der Waals surface area contributed by atoms with Crippen molar-refractivity contribution in [3.8, 4) is 0 Å². The average Bonchev–Trinajstić information content (AvgIpc) is 2.97. The molecule has 0 saturated heterocycles. The van der Waals surface area contributed by atoms with Crippen molar-refractivity contribution in [1.82, 2.24) is 20.2 Å². The Morgan fingerprint density at radius 1 is 1.07 bits per heavy atom. The third-order valence-electron chi connectivity index (χ3n) is 5.43. The molecule has 3 aromatic rings. The normalized spacial score (nSPS) is 23.1. The molecule has 3 atom stereocenters. The summed E-state index contributed by atoms with van der Waals surface area (Å²) in [6.07, 6.45) is 6.82. The fourth-order valence-corrected chi connectivity index (χ4v) is 4.05. The SMILES string of the molecule is Cc1cc(Nc2cc3ncccc3c(N[C@@H]3C[C@H](C)CC[C@H](C)C3)n2)n[nH]1. The zero-order valence-electron chi connectivity index (χ0n) is 16.3. The van der Waals surface area contributed by atoms with E-state index in [1.807, 2.05) is 31.3 Å². The lowest BCUT2D eigenvalue weighted by atomic mass is 10.00. The van der Waals surface area contributed by atoms with Crippen LogP contribution in [-0.2, 0) is 0 Å². The molecule has 4 rings (SSSR count). The van der Waals surface area contributed by atoms with Crippen molar-refractivity contribution in [3.05, 3.63) is 36.2 Å². The standard InChI is InChI=1S/C21H28N6/c1-13-6-7-14(2)10-16(9-13)23-21-17-5-4-8-22-18(17)12-19(25-21)24-20-11-15(3)26-27-20/h4-5,8,11-14,16H,6-7,9-10H2,1-3H3,(H3,23,24,25,26,27)/t13-,14+,16-. The van der Waals surface area contributed by atoms with E-state index in [1.165, 1.54) is 25.7 Å². The maximum Gasteiger partial charge on any atom is 0.153 e. The minimum atomic E-state index is 0.441. The molecule has 6 heteroatoms. The summed E-state index contributed by atoms with van der Waals surface area (Å²) < 4.78 is 0. The van der Waals surface area contributed by atoms with Crippen LogP contribution in [0.5, 0.6) is 0 Å². The number of H-pyrrole nitrogens is 1. The first kappa shape index (κ1) is 17.8. The van der Waals surface area contributed by atoms with Gasteiger partial charge >= 0.3 is 0 Å². The average molecular weight is 364 g/mol. The number of rotatable bonds is 4. The van der Waals surface area contributed by atoms with Crippen LogP contribution in [0.2, 0.25) is 0 Å². The molecule has 142 valence electrons. The molecule has 6 nitrogen and oxygen atoms in total. The van der Waals surface area contributed by atoms with Gasteiger partial charge in [-0.2, -0.15) is 5.10 Å². The molecule has 0 bridgehead atoms. The summed E-state index contributed by atoms with van der Waals surface area (Å²) in [7, 11) is 0. The van der Waals surface area contributed by atoms with Crippen LogP contribution < -0.4 is 10.6 Å². The molecule has 0 aromatic carbocycles. The van der Waals surface area contributed by atoms with E-state index in [2.05, 4.69) is 45.7 Å². The second-order valence-corrected chi connectivity index (χ2v) is 8.09. The molecule has 0 spiro atoms. The molecular weight excluding hydrogens is 336 g/mol. The highest BCUT2D eigenvalue weighted by atomic mass is 15.2. The second-order valence-electron chi connectivity index (χ2n) is 8.09. The van der Waals surface area contributed by atoms with Crippen molar-refractivity contribution in [2.45, 2.75) is 52.5 Å². The highest BCUT2D eigenvalue weighted by Crippen LogP contribution is 2.31. The number of hydrogen-bond donors (Lipinski definition) is 3. The summed E-state index contributed by atoms with van der Waals surface area (Å²) in [4.78, 5) is 9.41. The molecule has 0 amide bonds. The Labute approximate surface area is 160 Å². The molecule has 27 heavy (non-hydrogen) atoms. The number of hydrogen-bond acceptors (Lipinski definition) is 5. The van der Waals surface area contributed by atoms with Crippen LogP contribution in [-0.4, -0.2) is 26.2 Å². The smallest absolute Gasteiger partial charge is 0.153 e. The van der Waals surface area contributed by atoms with Gasteiger partial charge < -0.3 is 10.6 Å². The molecule has 1 saturated carbocycles. The molecule has 1 fully saturated rings. The van der Waals surface area contributed by atoms with Gasteiger partial charge in [-0.1, -0.05) is 26.7 Å². The number of anilines is 3. The van der Waals surface area contributed by atoms with Gasteiger partial charge in [0.25, 0.3) is 0 Å². The maximum atomic E-state index is 4.86. The fraction of sp³-hybridized carbons (Fsp3) is 0.476. The molecule has 0 unspecified atom stereocenters. The van der Waals surface area contributed by atoms with Crippen LogP contribution in [0.1, 0.15) is 45.2 Å². The molecule has 3 N–H and O–H groups in total. The molecule has 0 aliphatic heterocycles. The van der Waals surface area contributed by atoms with E-state index in [1.54, 1.807) is 0 Å². The summed E-state index contributed by atoms with van der Waals surface area (Å²) in [5, 5.41) is 15.3. The quantitative estimate of drug-likeness (QED) is 0.566. The van der Waals surface area contributed by atoms with E-state index in [0.29, 0.717) is 6.04 Å². The zero-order chi connectivity index (χ0) is 18.8. The Bertz CT molecular complexity index is 906. The van der Waals surface area contributed by atoms with Crippen LogP contribution in [0.4, 0.5) is 17.5 Å². The third-order valence-corrected chi connectivity index (χ3v) is 5.43. The summed E-state index contributed by atoms with van der Waals surface area (Å²) >= 11 is 0.